The Bertz CT molecular complexity index is 539. The third-order valence-electron chi connectivity index (χ3n) is 2.10. The number of hydrogen-bond donors (Lipinski definition) is 1. The monoisotopic (exact) mass is 275 g/mol. The quantitative estimate of drug-likeness (QED) is 0.931. The van der Waals surface area contributed by atoms with Crippen LogP contribution in [-0.2, 0) is 12.7 Å². The lowest BCUT2D eigenvalue weighted by molar-refractivity contribution is -0.141. The molecule has 0 aliphatic carbocycles. The van der Waals surface area contributed by atoms with Crippen molar-refractivity contribution in [2.75, 3.05) is 5.32 Å². The highest BCUT2D eigenvalue weighted by Crippen LogP contribution is 2.27. The first kappa shape index (κ1) is 12.7. The number of aromatic nitrogens is 4. The summed E-state index contributed by atoms with van der Waals surface area (Å²) in [5.74, 6) is -0.0716. The Hall–Kier alpha value is -1.77. The van der Waals surface area contributed by atoms with Crippen LogP contribution in [-0.4, -0.2) is 19.6 Å². The van der Waals surface area contributed by atoms with E-state index >= 15 is 0 Å². The standard InChI is InChI=1S/C9H8F3N5S/c1-5-6(18-17-16-5)4-14-8-13-3-2-7(15-8)9(10,11)12/h2-3H,4H2,1H3,(H,13,14,15). The topological polar surface area (TPSA) is 63.6 Å². The fourth-order valence-corrected chi connectivity index (χ4v) is 1.75. The van der Waals surface area contributed by atoms with Crippen LogP contribution >= 0.6 is 11.5 Å². The van der Waals surface area contributed by atoms with Crippen molar-refractivity contribution in [1.82, 2.24) is 19.6 Å². The third-order valence-corrected chi connectivity index (χ3v) is 2.92. The van der Waals surface area contributed by atoms with Crippen molar-refractivity contribution < 1.29 is 13.2 Å². The molecule has 0 spiro atoms. The molecule has 0 unspecified atom stereocenters. The maximum Gasteiger partial charge on any atom is 0.433 e. The van der Waals surface area contributed by atoms with E-state index in [9.17, 15) is 13.2 Å². The van der Waals surface area contributed by atoms with Crippen LogP contribution in [0.2, 0.25) is 0 Å². The van der Waals surface area contributed by atoms with Crippen molar-refractivity contribution in [2.45, 2.75) is 19.6 Å². The lowest BCUT2D eigenvalue weighted by atomic mass is 10.4. The van der Waals surface area contributed by atoms with E-state index in [1.807, 2.05) is 0 Å². The minimum absolute atomic E-state index is 0.0716. The Kier molecular flexibility index (Phi) is 3.41. The molecule has 1 N–H and O–H groups in total. The SMILES string of the molecule is Cc1nnsc1CNc1nccc(C(F)(F)F)n1. The summed E-state index contributed by atoms with van der Waals surface area (Å²) in [4.78, 5) is 7.94. The summed E-state index contributed by atoms with van der Waals surface area (Å²) in [5, 5.41) is 6.50. The van der Waals surface area contributed by atoms with Gasteiger partial charge in [0.1, 0.15) is 5.69 Å². The molecule has 2 heterocycles. The largest absolute Gasteiger partial charge is 0.433 e. The molecule has 0 radical (unpaired) electrons. The smallest absolute Gasteiger partial charge is 0.349 e. The van der Waals surface area contributed by atoms with Crippen LogP contribution < -0.4 is 5.32 Å². The van der Waals surface area contributed by atoms with Gasteiger partial charge in [-0.3, -0.25) is 0 Å². The summed E-state index contributed by atoms with van der Waals surface area (Å²) < 4.78 is 41.0. The highest BCUT2D eigenvalue weighted by Gasteiger charge is 2.32. The van der Waals surface area contributed by atoms with E-state index < -0.39 is 11.9 Å². The molecule has 0 fully saturated rings. The van der Waals surface area contributed by atoms with Gasteiger partial charge in [-0.2, -0.15) is 13.2 Å². The Morgan fingerprint density at radius 1 is 1.39 bits per heavy atom. The van der Waals surface area contributed by atoms with Gasteiger partial charge in [-0.15, -0.1) is 5.10 Å². The zero-order valence-corrected chi connectivity index (χ0v) is 10.0. The van der Waals surface area contributed by atoms with Gasteiger partial charge in [0.2, 0.25) is 5.95 Å². The lowest BCUT2D eigenvalue weighted by Crippen LogP contribution is -2.11. The second-order valence-electron chi connectivity index (χ2n) is 3.40. The van der Waals surface area contributed by atoms with Crippen LogP contribution in [0.4, 0.5) is 19.1 Å². The predicted octanol–water partition coefficient (Wildman–Crippen LogP) is 2.27. The number of nitrogens with one attached hydrogen (secondary N) is 1. The van der Waals surface area contributed by atoms with Gasteiger partial charge in [-0.1, -0.05) is 4.49 Å². The van der Waals surface area contributed by atoms with Crippen LogP contribution in [0, 0.1) is 6.92 Å². The van der Waals surface area contributed by atoms with Gasteiger partial charge in [0.25, 0.3) is 0 Å². The molecule has 2 aromatic heterocycles. The van der Waals surface area contributed by atoms with Crippen LogP contribution in [0.3, 0.4) is 0 Å². The predicted molar refractivity (Wildman–Crippen MR) is 59.0 cm³/mol. The average molecular weight is 275 g/mol. The highest BCUT2D eigenvalue weighted by atomic mass is 32.1. The molecule has 0 aromatic carbocycles. The van der Waals surface area contributed by atoms with Crippen LogP contribution in [0.25, 0.3) is 0 Å². The molecule has 0 atom stereocenters. The Morgan fingerprint density at radius 3 is 2.78 bits per heavy atom. The van der Waals surface area contributed by atoms with Crippen molar-refractivity contribution in [1.29, 1.82) is 0 Å². The molecular formula is C9H8F3N5S. The summed E-state index contributed by atoms with van der Waals surface area (Å²) in [5.41, 5.74) is -0.237. The maximum absolute atomic E-state index is 12.4. The van der Waals surface area contributed by atoms with Gasteiger partial charge in [0.05, 0.1) is 17.1 Å². The molecule has 0 saturated heterocycles. The first-order valence-corrected chi connectivity index (χ1v) is 5.66. The highest BCUT2D eigenvalue weighted by molar-refractivity contribution is 7.05. The number of halogens is 3. The van der Waals surface area contributed by atoms with Crippen molar-refractivity contribution in [3.05, 3.63) is 28.5 Å². The molecular weight excluding hydrogens is 267 g/mol. The van der Waals surface area contributed by atoms with Crippen molar-refractivity contribution in [2.24, 2.45) is 0 Å². The molecule has 2 aromatic rings. The molecule has 0 saturated carbocycles. The van der Waals surface area contributed by atoms with Gasteiger partial charge < -0.3 is 5.32 Å². The molecule has 0 aliphatic heterocycles. The number of anilines is 1. The summed E-state index contributed by atoms with van der Waals surface area (Å²) in [6.45, 7) is 2.07. The third kappa shape index (κ3) is 2.92. The summed E-state index contributed by atoms with van der Waals surface area (Å²) in [6, 6.07) is 0.824. The molecule has 18 heavy (non-hydrogen) atoms. The molecule has 0 bridgehead atoms. The molecule has 0 amide bonds. The maximum atomic E-state index is 12.4. The molecule has 2 rings (SSSR count). The van der Waals surface area contributed by atoms with E-state index in [-0.39, 0.29) is 5.95 Å². The van der Waals surface area contributed by atoms with Gasteiger partial charge in [0, 0.05) is 6.20 Å². The second kappa shape index (κ2) is 4.84. The summed E-state index contributed by atoms with van der Waals surface area (Å²) in [6.07, 6.45) is -3.41. The van der Waals surface area contributed by atoms with E-state index in [4.69, 9.17) is 0 Å². The Balaban J connectivity index is 2.09. The van der Waals surface area contributed by atoms with Gasteiger partial charge >= 0.3 is 6.18 Å². The number of hydrogen-bond acceptors (Lipinski definition) is 6. The molecule has 9 heteroatoms. The summed E-state index contributed by atoms with van der Waals surface area (Å²) >= 11 is 1.18. The minimum atomic E-state index is -4.47. The summed E-state index contributed by atoms with van der Waals surface area (Å²) in [7, 11) is 0. The van der Waals surface area contributed by atoms with E-state index in [0.29, 0.717) is 6.54 Å². The van der Waals surface area contributed by atoms with E-state index in [0.717, 1.165) is 22.8 Å². The Labute approximate surface area is 104 Å². The van der Waals surface area contributed by atoms with Crippen LogP contribution in [0.1, 0.15) is 16.3 Å². The van der Waals surface area contributed by atoms with Gasteiger partial charge in [0.15, 0.2) is 0 Å². The first-order chi connectivity index (χ1) is 8.47. The van der Waals surface area contributed by atoms with Gasteiger partial charge in [-0.05, 0) is 24.5 Å². The van der Waals surface area contributed by atoms with Crippen LogP contribution in [0.15, 0.2) is 12.3 Å². The van der Waals surface area contributed by atoms with Crippen molar-refractivity contribution in [3.63, 3.8) is 0 Å². The normalized spacial score (nSPS) is 11.6. The lowest BCUT2D eigenvalue weighted by Gasteiger charge is -2.07. The Morgan fingerprint density at radius 2 is 2.17 bits per heavy atom. The number of aryl methyl sites for hydroxylation is 1. The molecule has 0 aliphatic rings. The molecule has 96 valence electrons. The van der Waals surface area contributed by atoms with Crippen LogP contribution in [0.5, 0.6) is 0 Å². The zero-order valence-electron chi connectivity index (χ0n) is 9.19. The van der Waals surface area contributed by atoms with Crippen molar-refractivity contribution in [3.8, 4) is 0 Å². The van der Waals surface area contributed by atoms with E-state index in [1.165, 1.54) is 11.5 Å². The minimum Gasteiger partial charge on any atom is -0.349 e. The fraction of sp³-hybridized carbons (Fsp3) is 0.333. The number of rotatable bonds is 3. The fourth-order valence-electron chi connectivity index (χ4n) is 1.17. The van der Waals surface area contributed by atoms with E-state index in [2.05, 4.69) is 24.9 Å². The van der Waals surface area contributed by atoms with Crippen molar-refractivity contribution >= 4 is 17.5 Å². The number of alkyl halides is 3. The zero-order chi connectivity index (χ0) is 13.2. The first-order valence-electron chi connectivity index (χ1n) is 4.89. The van der Waals surface area contributed by atoms with Gasteiger partial charge in [-0.25, -0.2) is 9.97 Å². The van der Waals surface area contributed by atoms with E-state index in [1.54, 1.807) is 6.92 Å². The number of nitrogens with zero attached hydrogens (tertiary/aromatic N) is 4. The average Bonchev–Trinajstić information content (AvgIpc) is 2.72. The molecule has 5 nitrogen and oxygen atoms in total. The second-order valence-corrected chi connectivity index (χ2v) is 4.24.